The van der Waals surface area contributed by atoms with Crippen LogP contribution in [0.25, 0.3) is 0 Å². The Kier molecular flexibility index (Phi) is 7.74. The number of hydrogen-bond donors (Lipinski definition) is 2. The van der Waals surface area contributed by atoms with E-state index in [0.717, 1.165) is 0 Å². The van der Waals surface area contributed by atoms with E-state index in [1.807, 2.05) is 0 Å². The first-order valence-corrected chi connectivity index (χ1v) is 10.7. The van der Waals surface area contributed by atoms with Crippen molar-refractivity contribution in [1.82, 2.24) is 19.7 Å². The molecule has 0 bridgehead atoms. The number of fused-ring (bicyclic) bond motifs is 1. The molecular formula is C17H28N4O7S. The highest BCUT2D eigenvalue weighted by molar-refractivity contribution is 7.89. The number of sulfonamides is 1. The molecule has 0 aromatic carbocycles. The normalized spacial score (nSPS) is 24.3. The molecule has 2 aliphatic rings. The maximum absolute atomic E-state index is 12.7. The van der Waals surface area contributed by atoms with Crippen molar-refractivity contribution in [1.29, 1.82) is 0 Å². The van der Waals surface area contributed by atoms with Crippen LogP contribution in [0, 0.1) is 13.8 Å². The fraction of sp³-hybridized carbons (Fsp3) is 0.706. The Balaban J connectivity index is 0.000000941. The van der Waals surface area contributed by atoms with Crippen molar-refractivity contribution in [3.63, 3.8) is 0 Å². The Morgan fingerprint density at radius 1 is 1.38 bits per heavy atom. The summed E-state index contributed by atoms with van der Waals surface area (Å²) in [6.45, 7) is 4.70. The molecule has 1 aromatic rings. The van der Waals surface area contributed by atoms with Crippen LogP contribution in [0.2, 0.25) is 0 Å². The molecule has 2 N–H and O–H groups in total. The second-order valence-corrected chi connectivity index (χ2v) is 9.02. The molecular weight excluding hydrogens is 404 g/mol. The van der Waals surface area contributed by atoms with Crippen LogP contribution in [0.1, 0.15) is 24.3 Å². The first-order chi connectivity index (χ1) is 13.6. The van der Waals surface area contributed by atoms with Gasteiger partial charge in [0.15, 0.2) is 5.76 Å². The third-order valence-electron chi connectivity index (χ3n) is 4.95. The maximum Gasteiger partial charge on any atom is 0.290 e. The van der Waals surface area contributed by atoms with E-state index >= 15 is 0 Å². The summed E-state index contributed by atoms with van der Waals surface area (Å²) in [7, 11) is -0.232. The van der Waals surface area contributed by atoms with Gasteiger partial charge in [-0.25, -0.2) is 13.1 Å². The van der Waals surface area contributed by atoms with Gasteiger partial charge in [0.25, 0.3) is 6.47 Å². The standard InChI is InChI=1S/C16H26N4O5S.CH2O2/c1-10-16(11(2)25-17-10)26(22,23)18-12-5-13-9-24-14(8-20(13)7-12)6-15(21)19(3)4;2-1-3/h12-14,18H,5-9H2,1-4H3;1H,(H,2,3)/t12-,13+,14+;/m1./s1. The Hall–Kier alpha value is -2.02. The average Bonchev–Trinajstić information content (AvgIpc) is 3.16. The second kappa shape index (κ2) is 9.65. The lowest BCUT2D eigenvalue weighted by Gasteiger charge is -2.35. The molecule has 1 aromatic heterocycles. The number of carbonyl (C=O) groups excluding carboxylic acids is 1. The van der Waals surface area contributed by atoms with Gasteiger partial charge in [0.2, 0.25) is 15.9 Å². The monoisotopic (exact) mass is 432 g/mol. The van der Waals surface area contributed by atoms with E-state index in [-0.39, 0.29) is 41.2 Å². The van der Waals surface area contributed by atoms with Crippen LogP contribution in [-0.2, 0) is 24.3 Å². The minimum Gasteiger partial charge on any atom is -0.483 e. The van der Waals surface area contributed by atoms with Crippen molar-refractivity contribution in [2.45, 2.75) is 49.8 Å². The zero-order chi connectivity index (χ0) is 21.8. The third kappa shape index (κ3) is 5.75. The summed E-state index contributed by atoms with van der Waals surface area (Å²) in [6, 6.07) is -0.0383. The van der Waals surface area contributed by atoms with Crippen molar-refractivity contribution in [2.75, 3.05) is 33.8 Å². The Morgan fingerprint density at radius 2 is 2.03 bits per heavy atom. The first-order valence-electron chi connectivity index (χ1n) is 9.17. The third-order valence-corrected chi connectivity index (χ3v) is 6.71. The number of nitrogens with one attached hydrogen (secondary N) is 1. The molecule has 0 saturated carbocycles. The van der Waals surface area contributed by atoms with Crippen molar-refractivity contribution in [2.24, 2.45) is 0 Å². The van der Waals surface area contributed by atoms with E-state index in [4.69, 9.17) is 19.2 Å². The van der Waals surface area contributed by atoms with Gasteiger partial charge in [-0.05, 0) is 20.3 Å². The second-order valence-electron chi connectivity index (χ2n) is 7.37. The van der Waals surface area contributed by atoms with Gasteiger partial charge in [0.05, 0.1) is 19.1 Å². The summed E-state index contributed by atoms with van der Waals surface area (Å²) < 4.78 is 38.9. The Morgan fingerprint density at radius 3 is 2.59 bits per heavy atom. The molecule has 3 atom stereocenters. The van der Waals surface area contributed by atoms with Gasteiger partial charge in [-0.1, -0.05) is 5.16 Å². The molecule has 2 saturated heterocycles. The molecule has 0 spiro atoms. The van der Waals surface area contributed by atoms with Gasteiger partial charge in [0.1, 0.15) is 10.6 Å². The molecule has 1 amide bonds. The van der Waals surface area contributed by atoms with Gasteiger partial charge in [-0.2, -0.15) is 0 Å². The average molecular weight is 432 g/mol. The smallest absolute Gasteiger partial charge is 0.290 e. The first kappa shape index (κ1) is 23.3. The van der Waals surface area contributed by atoms with E-state index in [0.29, 0.717) is 38.2 Å². The number of ether oxygens (including phenoxy) is 1. The molecule has 164 valence electrons. The molecule has 3 rings (SSSR count). The molecule has 12 heteroatoms. The fourth-order valence-electron chi connectivity index (χ4n) is 3.67. The van der Waals surface area contributed by atoms with Crippen LogP contribution in [0.3, 0.4) is 0 Å². The van der Waals surface area contributed by atoms with Crippen LogP contribution in [0.15, 0.2) is 9.42 Å². The van der Waals surface area contributed by atoms with Crippen molar-refractivity contribution in [3.8, 4) is 0 Å². The number of nitrogens with zero attached hydrogens (tertiary/aromatic N) is 3. The summed E-state index contributed by atoms with van der Waals surface area (Å²) in [4.78, 5) is 24.1. The number of rotatable bonds is 5. The van der Waals surface area contributed by atoms with Crippen LogP contribution in [0.5, 0.6) is 0 Å². The molecule has 2 fully saturated rings. The Labute approximate surface area is 170 Å². The molecule has 3 heterocycles. The summed E-state index contributed by atoms with van der Waals surface area (Å²) in [5.41, 5.74) is 0.358. The number of hydrogen-bond acceptors (Lipinski definition) is 8. The number of carbonyl (C=O) groups is 2. The van der Waals surface area contributed by atoms with Gasteiger partial charge in [-0.3, -0.25) is 14.5 Å². The zero-order valence-corrected chi connectivity index (χ0v) is 17.8. The topological polar surface area (TPSA) is 142 Å². The highest BCUT2D eigenvalue weighted by Gasteiger charge is 2.40. The summed E-state index contributed by atoms with van der Waals surface area (Å²) >= 11 is 0. The van der Waals surface area contributed by atoms with Gasteiger partial charge < -0.3 is 19.3 Å². The number of aromatic nitrogens is 1. The maximum atomic E-state index is 12.7. The molecule has 11 nitrogen and oxygen atoms in total. The quantitative estimate of drug-likeness (QED) is 0.594. The van der Waals surface area contributed by atoms with Crippen molar-refractivity contribution in [3.05, 3.63) is 11.5 Å². The minimum atomic E-state index is -3.68. The van der Waals surface area contributed by atoms with E-state index in [1.165, 1.54) is 0 Å². The lowest BCUT2D eigenvalue weighted by Crippen LogP contribution is -2.47. The van der Waals surface area contributed by atoms with Crippen LogP contribution in [-0.4, -0.2) is 92.8 Å². The SMILES string of the molecule is Cc1noc(C)c1S(=O)(=O)N[C@@H]1C[C@H]2CO[C@@H](CC(=O)N(C)C)CN2C1.O=CO. The zero-order valence-electron chi connectivity index (χ0n) is 17.0. The number of carboxylic acid groups (broad SMARTS) is 1. The lowest BCUT2D eigenvalue weighted by molar-refractivity contribution is -0.134. The van der Waals surface area contributed by atoms with Gasteiger partial charge >= 0.3 is 0 Å². The number of morpholine rings is 1. The molecule has 2 aliphatic heterocycles. The summed E-state index contributed by atoms with van der Waals surface area (Å²) in [6.07, 6.45) is 0.863. The molecule has 0 radical (unpaired) electrons. The highest BCUT2D eigenvalue weighted by atomic mass is 32.2. The van der Waals surface area contributed by atoms with Crippen LogP contribution in [0.4, 0.5) is 0 Å². The fourth-order valence-corrected chi connectivity index (χ4v) is 5.23. The lowest BCUT2D eigenvalue weighted by atomic mass is 10.1. The predicted octanol–water partition coefficient (Wildman–Crippen LogP) is -0.409. The molecule has 29 heavy (non-hydrogen) atoms. The van der Waals surface area contributed by atoms with Gasteiger partial charge in [0, 0.05) is 39.3 Å². The molecule has 0 aliphatic carbocycles. The Bertz CT molecular complexity index is 804. The van der Waals surface area contributed by atoms with E-state index < -0.39 is 10.0 Å². The van der Waals surface area contributed by atoms with Crippen molar-refractivity contribution >= 4 is 22.4 Å². The predicted molar refractivity (Wildman–Crippen MR) is 102 cm³/mol. The number of amides is 1. The number of aryl methyl sites for hydroxylation is 2. The molecule has 0 unspecified atom stereocenters. The summed E-state index contributed by atoms with van der Waals surface area (Å²) in [5, 5.41) is 10.6. The largest absolute Gasteiger partial charge is 0.483 e. The van der Waals surface area contributed by atoms with Gasteiger partial charge in [-0.15, -0.1) is 0 Å². The van der Waals surface area contributed by atoms with E-state index in [1.54, 1.807) is 32.8 Å². The van der Waals surface area contributed by atoms with E-state index in [2.05, 4.69) is 14.8 Å². The highest BCUT2D eigenvalue weighted by Crippen LogP contribution is 2.26. The van der Waals surface area contributed by atoms with E-state index in [9.17, 15) is 13.2 Å². The minimum absolute atomic E-state index is 0.0308. The van der Waals surface area contributed by atoms with Crippen molar-refractivity contribution < 1.29 is 32.4 Å². The van der Waals surface area contributed by atoms with Crippen LogP contribution < -0.4 is 4.72 Å². The summed E-state index contributed by atoms with van der Waals surface area (Å²) in [5.74, 6) is 0.319. The van der Waals surface area contributed by atoms with Crippen LogP contribution >= 0.6 is 0 Å².